The van der Waals surface area contributed by atoms with Crippen LogP contribution < -0.4 is 0 Å². The summed E-state index contributed by atoms with van der Waals surface area (Å²) in [6, 6.07) is 12.8. The Hall–Kier alpha value is -3.06. The van der Waals surface area contributed by atoms with E-state index in [4.69, 9.17) is 0 Å². The molecule has 0 aromatic heterocycles. The van der Waals surface area contributed by atoms with Gasteiger partial charge in [0.2, 0.25) is 5.95 Å². The van der Waals surface area contributed by atoms with Crippen LogP contribution in [0.1, 0.15) is 48.9 Å². The maximum Gasteiger partial charge on any atom is 0.273 e. The van der Waals surface area contributed by atoms with Crippen molar-refractivity contribution in [2.24, 2.45) is 10.9 Å². The normalized spacial score (nSPS) is 21.7. The van der Waals surface area contributed by atoms with E-state index in [-0.39, 0.29) is 35.4 Å². The number of benzene rings is 2. The van der Waals surface area contributed by atoms with Crippen LogP contribution in [-0.2, 0) is 11.2 Å². The predicted molar refractivity (Wildman–Crippen MR) is 135 cm³/mol. The van der Waals surface area contributed by atoms with E-state index in [2.05, 4.69) is 33.1 Å². The Labute approximate surface area is 211 Å². The van der Waals surface area contributed by atoms with E-state index < -0.39 is 11.8 Å². The Morgan fingerprint density at radius 2 is 1.94 bits per heavy atom. The molecule has 35 heavy (non-hydrogen) atoms. The second-order valence-corrected chi connectivity index (χ2v) is 10.4. The summed E-state index contributed by atoms with van der Waals surface area (Å²) >= 11 is 3.26. The highest BCUT2D eigenvalue weighted by Crippen LogP contribution is 2.47. The molecule has 3 aliphatic heterocycles. The Kier molecular flexibility index (Phi) is 5.48. The van der Waals surface area contributed by atoms with E-state index >= 15 is 4.39 Å². The number of halogens is 3. The molecule has 1 atom stereocenters. The average Bonchev–Trinajstić information content (AvgIpc) is 3.70. The fourth-order valence-electron chi connectivity index (χ4n) is 5.25. The van der Waals surface area contributed by atoms with Crippen LogP contribution in [0.25, 0.3) is 5.57 Å². The first-order valence-corrected chi connectivity index (χ1v) is 12.7. The maximum absolute atomic E-state index is 15.9. The molecule has 1 saturated carbocycles. The average molecular weight is 536 g/mol. The topological polar surface area (TPSA) is 35.9 Å². The van der Waals surface area contributed by atoms with Gasteiger partial charge in [-0.15, -0.1) is 0 Å². The van der Waals surface area contributed by atoms with Crippen LogP contribution in [0.2, 0.25) is 0 Å². The van der Waals surface area contributed by atoms with Crippen LogP contribution in [0.5, 0.6) is 0 Å². The van der Waals surface area contributed by atoms with Gasteiger partial charge in [-0.1, -0.05) is 46.3 Å². The van der Waals surface area contributed by atoms with Crippen LogP contribution in [0, 0.1) is 11.7 Å². The molecule has 0 N–H and O–H groups in total. The summed E-state index contributed by atoms with van der Waals surface area (Å²) in [6.07, 6.45) is 6.39. The number of aliphatic imine (C=N–C) groups is 1. The summed E-state index contributed by atoms with van der Waals surface area (Å²) in [5, 5.41) is 0. The maximum atomic E-state index is 15.9. The third-order valence-corrected chi connectivity index (χ3v) is 7.76. The van der Waals surface area contributed by atoms with E-state index in [1.807, 2.05) is 24.0 Å². The molecule has 4 aliphatic rings. The summed E-state index contributed by atoms with van der Waals surface area (Å²) in [6.45, 7) is 2.66. The first-order chi connectivity index (χ1) is 16.9. The van der Waals surface area contributed by atoms with Gasteiger partial charge in [-0.2, -0.15) is 4.39 Å². The number of hydrogen-bond acceptors (Lipinski definition) is 3. The van der Waals surface area contributed by atoms with E-state index in [0.717, 1.165) is 30.5 Å². The van der Waals surface area contributed by atoms with E-state index in [1.165, 1.54) is 16.5 Å². The molecule has 1 fully saturated rings. The molecule has 7 heteroatoms. The van der Waals surface area contributed by atoms with E-state index in [1.54, 1.807) is 24.3 Å². The van der Waals surface area contributed by atoms with Gasteiger partial charge >= 0.3 is 0 Å². The number of rotatable bonds is 3. The van der Waals surface area contributed by atoms with Gasteiger partial charge in [0.25, 0.3) is 5.91 Å². The number of fused-ring (bicyclic) bond motifs is 2. The lowest BCUT2D eigenvalue weighted by Gasteiger charge is -2.37. The molecule has 0 spiro atoms. The third kappa shape index (κ3) is 3.86. The van der Waals surface area contributed by atoms with Crippen molar-refractivity contribution >= 4 is 33.1 Å². The Bertz CT molecular complexity index is 1370. The summed E-state index contributed by atoms with van der Waals surface area (Å²) in [4.78, 5) is 21.6. The standard InChI is InChI=1S/C28H24BrF2N3O/c1-16-20-5-3-2-4-17(20)12-13-33(16)28(35)24-15-25(18-6-7-18)34-26(32-24)11-10-22(27(34)31)21-9-8-19(29)14-23(21)30/h2-5,8-9,11,14-16,18H,6-7,10,12-13H2,1H3/t16-/m1/s1. The molecule has 0 bridgehead atoms. The van der Waals surface area contributed by atoms with E-state index in [9.17, 15) is 9.18 Å². The zero-order valence-corrected chi connectivity index (χ0v) is 20.9. The molecule has 3 heterocycles. The van der Waals surface area contributed by atoms with Crippen molar-refractivity contribution in [3.05, 3.63) is 99.1 Å². The number of nitrogens with zero attached hydrogens (tertiary/aromatic N) is 3. The quantitative estimate of drug-likeness (QED) is 0.411. The summed E-state index contributed by atoms with van der Waals surface area (Å²) in [5.41, 5.74) is 4.02. The number of allylic oxidation sites excluding steroid dienone is 3. The van der Waals surface area contributed by atoms with Gasteiger partial charge in [0.1, 0.15) is 17.3 Å². The minimum Gasteiger partial charge on any atom is -0.330 e. The summed E-state index contributed by atoms with van der Waals surface area (Å²) in [5.74, 6) is -0.566. The van der Waals surface area contributed by atoms with Gasteiger partial charge < -0.3 is 4.90 Å². The van der Waals surface area contributed by atoms with Crippen LogP contribution >= 0.6 is 15.9 Å². The van der Waals surface area contributed by atoms with Crippen molar-refractivity contribution in [2.45, 2.75) is 38.6 Å². The molecule has 2 aromatic rings. The second kappa shape index (κ2) is 8.55. The molecule has 1 amide bonds. The minimum absolute atomic E-state index is 0.0603. The Morgan fingerprint density at radius 3 is 2.71 bits per heavy atom. The molecular weight excluding hydrogens is 512 g/mol. The monoisotopic (exact) mass is 535 g/mol. The fraction of sp³-hybridized carbons (Fsp3) is 0.286. The van der Waals surface area contributed by atoms with Crippen molar-refractivity contribution in [1.29, 1.82) is 0 Å². The molecule has 2 aromatic carbocycles. The van der Waals surface area contributed by atoms with Crippen molar-refractivity contribution in [3.8, 4) is 0 Å². The van der Waals surface area contributed by atoms with E-state index in [0.29, 0.717) is 22.6 Å². The van der Waals surface area contributed by atoms with Crippen LogP contribution in [0.4, 0.5) is 8.78 Å². The SMILES string of the molecule is C[C@@H]1c2ccccc2CCN1C(=O)C1=NC2=CCC(c3ccc(Br)cc3F)=C(F)N2C(C2CC2)=C1. The van der Waals surface area contributed by atoms with Crippen molar-refractivity contribution in [3.63, 3.8) is 0 Å². The van der Waals surface area contributed by atoms with Gasteiger partial charge in [0, 0.05) is 27.9 Å². The largest absolute Gasteiger partial charge is 0.330 e. The molecule has 4 nitrogen and oxygen atoms in total. The lowest BCUT2D eigenvalue weighted by atomic mass is 9.93. The van der Waals surface area contributed by atoms with Crippen LogP contribution in [0.3, 0.4) is 0 Å². The molecule has 6 rings (SSSR count). The number of hydrogen-bond donors (Lipinski definition) is 0. The minimum atomic E-state index is -0.516. The lowest BCUT2D eigenvalue weighted by molar-refractivity contribution is -0.126. The van der Waals surface area contributed by atoms with Crippen molar-refractivity contribution < 1.29 is 13.6 Å². The molecule has 0 radical (unpaired) electrons. The third-order valence-electron chi connectivity index (χ3n) is 7.27. The lowest BCUT2D eigenvalue weighted by Crippen LogP contribution is -2.43. The van der Waals surface area contributed by atoms with Gasteiger partial charge in [0.15, 0.2) is 0 Å². The molecular formula is C28H24BrF2N3O. The predicted octanol–water partition coefficient (Wildman–Crippen LogP) is 6.67. The zero-order chi connectivity index (χ0) is 24.3. The Morgan fingerprint density at radius 1 is 1.14 bits per heavy atom. The van der Waals surface area contributed by atoms with Crippen LogP contribution in [-0.4, -0.2) is 28.0 Å². The highest BCUT2D eigenvalue weighted by Gasteiger charge is 2.40. The summed E-state index contributed by atoms with van der Waals surface area (Å²) < 4.78 is 31.1. The smallest absolute Gasteiger partial charge is 0.273 e. The van der Waals surface area contributed by atoms with Gasteiger partial charge in [0.05, 0.1) is 6.04 Å². The molecule has 0 saturated heterocycles. The number of carbonyl (C=O) groups excluding carboxylic acids is 1. The highest BCUT2D eigenvalue weighted by atomic mass is 79.9. The Balaban J connectivity index is 1.34. The molecule has 178 valence electrons. The summed E-state index contributed by atoms with van der Waals surface area (Å²) in [7, 11) is 0. The fourth-order valence-corrected chi connectivity index (χ4v) is 5.58. The second-order valence-electron chi connectivity index (χ2n) is 9.46. The number of amides is 1. The first-order valence-electron chi connectivity index (χ1n) is 12.0. The molecule has 0 unspecified atom stereocenters. The first kappa shape index (κ1) is 22.4. The van der Waals surface area contributed by atoms with Crippen molar-refractivity contribution in [2.75, 3.05) is 6.54 Å². The number of carbonyl (C=O) groups is 1. The van der Waals surface area contributed by atoms with Gasteiger partial charge in [-0.3, -0.25) is 9.69 Å². The highest BCUT2D eigenvalue weighted by molar-refractivity contribution is 9.10. The zero-order valence-electron chi connectivity index (χ0n) is 19.3. The van der Waals surface area contributed by atoms with Gasteiger partial charge in [-0.05, 0) is 73.9 Å². The van der Waals surface area contributed by atoms with Crippen LogP contribution in [0.15, 0.2) is 81.6 Å². The van der Waals surface area contributed by atoms with Crippen molar-refractivity contribution in [1.82, 2.24) is 9.80 Å². The van der Waals surface area contributed by atoms with Gasteiger partial charge in [-0.25, -0.2) is 9.38 Å². The molecule has 1 aliphatic carbocycles.